The number of nitrogens with one attached hydrogen (secondary N) is 2. The highest BCUT2D eigenvalue weighted by Gasteiger charge is 2.43. The van der Waals surface area contributed by atoms with Gasteiger partial charge in [-0.1, -0.05) is 60.7 Å². The fourth-order valence-electron chi connectivity index (χ4n) is 5.67. The number of anilines is 1. The Morgan fingerprint density at radius 3 is 2.25 bits per heavy atom. The first-order chi connectivity index (χ1) is 15.7. The van der Waals surface area contributed by atoms with E-state index in [4.69, 9.17) is 0 Å². The second-order valence-corrected chi connectivity index (χ2v) is 10.1. The average Bonchev–Trinajstić information content (AvgIpc) is 2.83. The molecule has 0 radical (unpaired) electrons. The van der Waals surface area contributed by atoms with Crippen LogP contribution in [-0.2, 0) is 9.59 Å². The zero-order valence-corrected chi connectivity index (χ0v) is 18.4. The van der Waals surface area contributed by atoms with Crippen LogP contribution in [0, 0.1) is 5.92 Å². The highest BCUT2D eigenvalue weighted by atomic mass is 32.2. The summed E-state index contributed by atoms with van der Waals surface area (Å²) in [6, 6.07) is 25.2. The number of fused-ring (bicyclic) bond motifs is 2. The monoisotopic (exact) mass is 440 g/mol. The summed E-state index contributed by atoms with van der Waals surface area (Å²) in [5, 5.41) is 5.69. The average molecular weight is 441 g/mol. The summed E-state index contributed by atoms with van der Waals surface area (Å²) in [7, 11) is 0. The van der Waals surface area contributed by atoms with Gasteiger partial charge < -0.3 is 10.6 Å². The van der Waals surface area contributed by atoms with Crippen molar-refractivity contribution in [1.82, 2.24) is 5.32 Å². The Balaban J connectivity index is 1.16. The van der Waals surface area contributed by atoms with E-state index in [2.05, 4.69) is 59.2 Å². The molecule has 0 spiro atoms. The van der Waals surface area contributed by atoms with Gasteiger partial charge in [-0.25, -0.2) is 0 Å². The van der Waals surface area contributed by atoms with Crippen LogP contribution in [-0.4, -0.2) is 23.6 Å². The number of hydrogen-bond acceptors (Lipinski definition) is 3. The topological polar surface area (TPSA) is 58.2 Å². The number of carbonyl (C=O) groups excluding carboxylic acids is 2. The third kappa shape index (κ3) is 3.23. The summed E-state index contributed by atoms with van der Waals surface area (Å²) in [5.74, 6) is 0.920. The van der Waals surface area contributed by atoms with Crippen LogP contribution in [0.5, 0.6) is 0 Å². The number of amides is 2. The molecule has 2 amide bonds. The van der Waals surface area contributed by atoms with Gasteiger partial charge in [-0.3, -0.25) is 9.59 Å². The SMILES string of the molecule is O=C(C[C@@H]1Sc2ccccc2NC1=O)NC[C@H]1CC2c3ccccc3C1c1ccccc12. The maximum atomic E-state index is 12.8. The van der Waals surface area contributed by atoms with Crippen molar-refractivity contribution in [3.8, 4) is 0 Å². The maximum Gasteiger partial charge on any atom is 0.238 e. The van der Waals surface area contributed by atoms with Crippen LogP contribution in [0.4, 0.5) is 5.69 Å². The van der Waals surface area contributed by atoms with Crippen molar-refractivity contribution in [2.45, 2.75) is 34.8 Å². The van der Waals surface area contributed by atoms with Crippen molar-refractivity contribution in [2.24, 2.45) is 5.92 Å². The van der Waals surface area contributed by atoms with E-state index >= 15 is 0 Å². The summed E-state index contributed by atoms with van der Waals surface area (Å²) in [5.41, 5.74) is 6.51. The molecule has 5 heteroatoms. The van der Waals surface area contributed by atoms with Crippen molar-refractivity contribution < 1.29 is 9.59 Å². The van der Waals surface area contributed by atoms with Gasteiger partial charge in [0.25, 0.3) is 0 Å². The van der Waals surface area contributed by atoms with Gasteiger partial charge in [-0.05, 0) is 46.7 Å². The van der Waals surface area contributed by atoms with Crippen LogP contribution in [0.3, 0.4) is 0 Å². The van der Waals surface area contributed by atoms with Crippen molar-refractivity contribution in [3.05, 3.63) is 95.1 Å². The van der Waals surface area contributed by atoms with Crippen LogP contribution in [0.25, 0.3) is 0 Å². The summed E-state index contributed by atoms with van der Waals surface area (Å²) < 4.78 is 0. The van der Waals surface area contributed by atoms with Gasteiger partial charge in [0.15, 0.2) is 0 Å². The number of benzene rings is 3. The van der Waals surface area contributed by atoms with Crippen LogP contribution in [0.1, 0.15) is 46.9 Å². The van der Waals surface area contributed by atoms with Crippen molar-refractivity contribution in [2.75, 3.05) is 11.9 Å². The molecular formula is C27H24N2O2S. The van der Waals surface area contributed by atoms with Gasteiger partial charge in [0.2, 0.25) is 11.8 Å². The molecule has 2 bridgehead atoms. The fourth-order valence-corrected chi connectivity index (χ4v) is 6.78. The molecule has 3 aliphatic carbocycles. The molecule has 0 fully saturated rings. The number of thioether (sulfide) groups is 1. The number of carbonyl (C=O) groups is 2. The van der Waals surface area contributed by atoms with Crippen LogP contribution < -0.4 is 10.6 Å². The molecule has 0 aromatic heterocycles. The molecule has 32 heavy (non-hydrogen) atoms. The number of hydrogen-bond donors (Lipinski definition) is 2. The Hall–Kier alpha value is -3.05. The van der Waals surface area contributed by atoms with Gasteiger partial charge in [0.05, 0.1) is 10.9 Å². The molecular weight excluding hydrogens is 416 g/mol. The minimum atomic E-state index is -0.394. The Labute approximate surface area is 191 Å². The van der Waals surface area contributed by atoms with Crippen molar-refractivity contribution in [1.29, 1.82) is 0 Å². The Morgan fingerprint density at radius 1 is 0.906 bits per heavy atom. The molecule has 7 rings (SSSR count). The smallest absolute Gasteiger partial charge is 0.238 e. The first-order valence-electron chi connectivity index (χ1n) is 11.2. The van der Waals surface area contributed by atoms with E-state index in [9.17, 15) is 9.59 Å². The van der Waals surface area contributed by atoms with Crippen LogP contribution in [0.2, 0.25) is 0 Å². The molecule has 3 aromatic rings. The fraction of sp³-hybridized carbons (Fsp3) is 0.259. The van der Waals surface area contributed by atoms with Crippen LogP contribution >= 0.6 is 11.8 Å². The second-order valence-electron chi connectivity index (χ2n) is 8.88. The lowest BCUT2D eigenvalue weighted by Gasteiger charge is -2.45. The molecule has 1 heterocycles. The largest absolute Gasteiger partial charge is 0.356 e. The summed E-state index contributed by atoms with van der Waals surface area (Å²) >= 11 is 1.48. The van der Waals surface area contributed by atoms with E-state index < -0.39 is 5.25 Å². The standard InChI is InChI=1S/C27H24N2O2S/c30-25(14-24-27(31)29-22-11-5-6-12-23(22)32-24)28-15-16-13-21-17-7-1-3-9-19(17)26(16)20-10-4-2-8-18(20)21/h1-12,16,21,24,26H,13-15H2,(H,28,30)(H,29,31)/t16-,21?,24+,26?/m1/s1. The van der Waals surface area contributed by atoms with E-state index in [-0.39, 0.29) is 18.2 Å². The predicted molar refractivity (Wildman–Crippen MR) is 127 cm³/mol. The summed E-state index contributed by atoms with van der Waals surface area (Å²) in [4.78, 5) is 26.3. The highest BCUT2D eigenvalue weighted by Crippen LogP contribution is 2.55. The Morgan fingerprint density at radius 2 is 1.53 bits per heavy atom. The lowest BCUT2D eigenvalue weighted by Crippen LogP contribution is -2.41. The quantitative estimate of drug-likeness (QED) is 0.607. The number of para-hydroxylation sites is 1. The number of rotatable bonds is 4. The van der Waals surface area contributed by atoms with Gasteiger partial charge in [0, 0.05) is 29.7 Å². The molecule has 1 aliphatic heterocycles. The molecule has 160 valence electrons. The molecule has 0 saturated carbocycles. The Kier molecular flexibility index (Phi) is 4.80. The third-order valence-electron chi connectivity index (χ3n) is 7.06. The van der Waals surface area contributed by atoms with Crippen molar-refractivity contribution >= 4 is 29.3 Å². The van der Waals surface area contributed by atoms with E-state index in [1.807, 2.05) is 24.3 Å². The van der Waals surface area contributed by atoms with Gasteiger partial charge in [0.1, 0.15) is 0 Å². The zero-order chi connectivity index (χ0) is 21.7. The maximum absolute atomic E-state index is 12.8. The minimum Gasteiger partial charge on any atom is -0.356 e. The van der Waals surface area contributed by atoms with Gasteiger partial charge in [-0.15, -0.1) is 11.8 Å². The first kappa shape index (κ1) is 19.6. The van der Waals surface area contributed by atoms with Crippen molar-refractivity contribution in [3.63, 3.8) is 0 Å². The van der Waals surface area contributed by atoms with E-state index in [0.717, 1.165) is 17.0 Å². The first-order valence-corrected chi connectivity index (χ1v) is 12.1. The highest BCUT2D eigenvalue weighted by molar-refractivity contribution is 8.01. The minimum absolute atomic E-state index is 0.0555. The predicted octanol–water partition coefficient (Wildman–Crippen LogP) is 4.90. The molecule has 4 nitrogen and oxygen atoms in total. The van der Waals surface area contributed by atoms with Gasteiger partial charge in [-0.2, -0.15) is 0 Å². The lowest BCUT2D eigenvalue weighted by molar-refractivity contribution is -0.124. The lowest BCUT2D eigenvalue weighted by atomic mass is 9.59. The summed E-state index contributed by atoms with van der Waals surface area (Å²) in [6.45, 7) is 0.637. The molecule has 3 aromatic carbocycles. The Bertz CT molecular complexity index is 1180. The van der Waals surface area contributed by atoms with E-state index in [0.29, 0.717) is 24.3 Å². The molecule has 4 aliphatic rings. The molecule has 0 unspecified atom stereocenters. The molecule has 0 saturated heterocycles. The molecule has 2 N–H and O–H groups in total. The van der Waals surface area contributed by atoms with Crippen LogP contribution in [0.15, 0.2) is 77.7 Å². The van der Waals surface area contributed by atoms with E-state index in [1.54, 1.807) is 0 Å². The molecule has 2 atom stereocenters. The van der Waals surface area contributed by atoms with Gasteiger partial charge >= 0.3 is 0 Å². The zero-order valence-electron chi connectivity index (χ0n) is 17.6. The summed E-state index contributed by atoms with van der Waals surface area (Å²) in [6.07, 6.45) is 1.24. The third-order valence-corrected chi connectivity index (χ3v) is 8.34. The second kappa shape index (κ2) is 7.82. The normalized spacial score (nSPS) is 24.7. The van der Waals surface area contributed by atoms with E-state index in [1.165, 1.54) is 34.0 Å².